The van der Waals surface area contributed by atoms with Crippen molar-refractivity contribution in [1.82, 2.24) is 0 Å². The zero-order chi connectivity index (χ0) is 44.6. The number of benzene rings is 5. The van der Waals surface area contributed by atoms with E-state index in [-0.39, 0.29) is 0 Å². The monoisotopic (exact) mass is 871 g/mol. The molecular formula is C62H70N4+4. The molecule has 0 radical (unpaired) electrons. The predicted molar refractivity (Wildman–Crippen MR) is 273 cm³/mol. The van der Waals surface area contributed by atoms with E-state index in [4.69, 9.17) is 0 Å². The van der Waals surface area contributed by atoms with Crippen LogP contribution in [0.2, 0.25) is 0 Å². The molecule has 0 atom stereocenters. The van der Waals surface area contributed by atoms with Crippen LogP contribution in [0.25, 0.3) is 43.1 Å². The van der Waals surface area contributed by atoms with E-state index in [1.807, 2.05) is 0 Å². The minimum absolute atomic E-state index is 1.08. The number of nitrogens with zero attached hydrogens (tertiary/aromatic N) is 4. The highest BCUT2D eigenvalue weighted by Crippen LogP contribution is 2.26. The molecule has 0 amide bonds. The molecule has 4 aromatic heterocycles. The highest BCUT2D eigenvalue weighted by molar-refractivity contribution is 5.82. The first-order chi connectivity index (χ1) is 32.7. The third kappa shape index (κ3) is 12.5. The summed E-state index contributed by atoms with van der Waals surface area (Å²) in [4.78, 5) is 0. The topological polar surface area (TPSA) is 15.5 Å². The Morgan fingerprint density at radius 3 is 0.697 bits per heavy atom. The van der Waals surface area contributed by atoms with Gasteiger partial charge in [0.15, 0.2) is 49.6 Å². The molecule has 66 heavy (non-hydrogen) atoms. The lowest BCUT2D eigenvalue weighted by molar-refractivity contribution is -0.696. The molecule has 0 saturated carbocycles. The van der Waals surface area contributed by atoms with Gasteiger partial charge in [0.25, 0.3) is 0 Å². The molecule has 0 spiro atoms. The van der Waals surface area contributed by atoms with Crippen molar-refractivity contribution in [3.8, 4) is 0 Å². The van der Waals surface area contributed by atoms with Gasteiger partial charge in [0, 0.05) is 71.5 Å². The van der Waals surface area contributed by atoms with Gasteiger partial charge in [0.05, 0.1) is 0 Å². The van der Waals surface area contributed by atoms with Gasteiger partial charge < -0.3 is 0 Å². The van der Waals surface area contributed by atoms with Crippen LogP contribution in [0.15, 0.2) is 183 Å². The Bertz CT molecular complexity index is 2570. The number of aromatic nitrogens is 4. The first-order valence-corrected chi connectivity index (χ1v) is 25.4. The fourth-order valence-corrected chi connectivity index (χ4v) is 10.1. The van der Waals surface area contributed by atoms with Gasteiger partial charge in [-0.3, -0.25) is 0 Å². The number of hydrogen-bond acceptors (Lipinski definition) is 0. The average Bonchev–Trinajstić information content (AvgIpc) is 3.36. The van der Waals surface area contributed by atoms with E-state index in [1.54, 1.807) is 22.3 Å². The number of pyridine rings is 4. The highest BCUT2D eigenvalue weighted by Gasteiger charge is 2.14. The maximum atomic E-state index is 2.69. The summed E-state index contributed by atoms with van der Waals surface area (Å²) in [6.45, 7) is 4.31. The van der Waals surface area contributed by atoms with Crippen molar-refractivity contribution in [2.24, 2.45) is 0 Å². The lowest BCUT2D eigenvalue weighted by Crippen LogP contribution is -2.32. The van der Waals surface area contributed by atoms with E-state index < -0.39 is 0 Å². The summed E-state index contributed by atoms with van der Waals surface area (Å²) in [7, 11) is 0. The highest BCUT2D eigenvalue weighted by atomic mass is 14.9. The third-order valence-electron chi connectivity index (χ3n) is 14.0. The smallest absolute Gasteiger partial charge is 0.176 e. The largest absolute Gasteiger partial charge is 0.205 e. The molecular weight excluding hydrogens is 801 g/mol. The maximum Gasteiger partial charge on any atom is 0.176 e. The van der Waals surface area contributed by atoms with E-state index in [2.05, 4.69) is 201 Å². The van der Waals surface area contributed by atoms with Crippen molar-refractivity contribution in [3.63, 3.8) is 0 Å². The van der Waals surface area contributed by atoms with Crippen LogP contribution in [-0.4, -0.2) is 0 Å². The van der Waals surface area contributed by atoms with Crippen molar-refractivity contribution in [1.29, 1.82) is 0 Å². The summed E-state index contributed by atoms with van der Waals surface area (Å²) in [5, 5.41) is 10.6. The van der Waals surface area contributed by atoms with Crippen LogP contribution in [-0.2, 0) is 51.9 Å². The zero-order valence-corrected chi connectivity index (χ0v) is 39.3. The van der Waals surface area contributed by atoms with Gasteiger partial charge in [-0.15, -0.1) is 0 Å². The lowest BCUT2D eigenvalue weighted by atomic mass is 9.88. The van der Waals surface area contributed by atoms with Gasteiger partial charge in [0.2, 0.25) is 0 Å². The Morgan fingerprint density at radius 1 is 0.227 bits per heavy atom. The molecule has 0 N–H and O–H groups in total. The second kappa shape index (κ2) is 23.3. The van der Waals surface area contributed by atoms with E-state index in [9.17, 15) is 0 Å². The Kier molecular flexibility index (Phi) is 15.8. The molecule has 0 aliphatic heterocycles. The van der Waals surface area contributed by atoms with E-state index in [0.29, 0.717) is 0 Å². The first kappa shape index (κ1) is 44.9. The summed E-state index contributed by atoms with van der Waals surface area (Å²) < 4.78 is 9.54. The number of rotatable bonds is 24. The first-order valence-electron chi connectivity index (χ1n) is 25.4. The van der Waals surface area contributed by atoms with Crippen LogP contribution < -0.4 is 18.3 Å². The van der Waals surface area contributed by atoms with Crippen LogP contribution in [0, 0.1) is 0 Å². The van der Waals surface area contributed by atoms with Crippen LogP contribution >= 0.6 is 0 Å². The molecule has 9 rings (SSSR count). The normalized spacial score (nSPS) is 11.6. The molecule has 0 unspecified atom stereocenters. The molecule has 9 aromatic rings. The number of aryl methyl sites for hydroxylation is 8. The molecule has 334 valence electrons. The molecule has 0 aliphatic rings. The van der Waals surface area contributed by atoms with Gasteiger partial charge in [-0.05, 0) is 145 Å². The number of hydrogen-bond donors (Lipinski definition) is 0. The van der Waals surface area contributed by atoms with Crippen LogP contribution in [0.3, 0.4) is 0 Å². The standard InChI is InChI=1S/C62H70N4/c1(17-37-63-41-33-51-21-9-13-29-59(51)47-63)5-25-55-45-57(27-7-3-19-39-65-43-35-53-23-11-15-31-61(53)49-65)58(28-8-4-20-40-66-44-36-54-24-12-16-32-62(54)50-66)46-56(55)26-6-2-18-38-64-42-34-52-22-10-14-30-60(52)48-64/h9-16,21-24,29-36,41-50H,1-8,17-20,25-28,37-40H2/q+4. The summed E-state index contributed by atoms with van der Waals surface area (Å²) >= 11 is 0. The molecule has 0 saturated heterocycles. The quantitative estimate of drug-likeness (QED) is 0.0425. The van der Waals surface area contributed by atoms with Gasteiger partial charge in [-0.1, -0.05) is 84.9 Å². The van der Waals surface area contributed by atoms with E-state index >= 15 is 0 Å². The second-order valence-corrected chi connectivity index (χ2v) is 18.9. The Hall–Kier alpha value is -6.26. The molecule has 4 heterocycles. The van der Waals surface area contributed by atoms with Gasteiger partial charge >= 0.3 is 0 Å². The fraction of sp³-hybridized carbons (Fsp3) is 0.323. The van der Waals surface area contributed by atoms with Crippen molar-refractivity contribution in [3.05, 3.63) is 205 Å². The maximum absolute atomic E-state index is 2.69. The summed E-state index contributed by atoms with van der Waals surface area (Å²) in [5.74, 6) is 0. The Balaban J connectivity index is 0.856. The molecule has 0 fully saturated rings. The molecule has 4 nitrogen and oxygen atoms in total. The lowest BCUT2D eigenvalue weighted by Gasteiger charge is -2.17. The summed E-state index contributed by atoms with van der Waals surface area (Å²) in [5.41, 5.74) is 6.48. The SMILES string of the molecule is c1ccc2c[n+](CCCCCc3cc(CCCCC[n+]4ccc5ccccc5c4)c(CCCCC[n+]4ccc5ccccc5c4)cc3CCCCC[n+]3ccc4ccccc4c3)ccc2c1. The summed E-state index contributed by atoms with van der Waals surface area (Å²) in [6.07, 6.45) is 37.8. The number of unbranched alkanes of at least 4 members (excludes halogenated alkanes) is 8. The minimum atomic E-state index is 1.08. The Labute approximate surface area is 393 Å². The van der Waals surface area contributed by atoms with E-state index in [0.717, 1.165) is 26.2 Å². The van der Waals surface area contributed by atoms with Crippen molar-refractivity contribution < 1.29 is 18.3 Å². The average molecular weight is 871 g/mol. The van der Waals surface area contributed by atoms with Crippen LogP contribution in [0.5, 0.6) is 0 Å². The minimum Gasteiger partial charge on any atom is -0.205 e. The van der Waals surface area contributed by atoms with Crippen molar-refractivity contribution in [2.45, 2.75) is 129 Å². The molecule has 0 bridgehead atoms. The molecule has 0 aliphatic carbocycles. The summed E-state index contributed by atoms with van der Waals surface area (Å²) in [6, 6.07) is 49.3. The third-order valence-corrected chi connectivity index (χ3v) is 14.0. The zero-order valence-electron chi connectivity index (χ0n) is 39.3. The van der Waals surface area contributed by atoms with Crippen LogP contribution in [0.1, 0.15) is 99.3 Å². The molecule has 4 heteroatoms. The van der Waals surface area contributed by atoms with E-state index in [1.165, 1.54) is 146 Å². The van der Waals surface area contributed by atoms with Gasteiger partial charge in [-0.2, -0.15) is 0 Å². The predicted octanol–water partition coefficient (Wildman–Crippen LogP) is 13.1. The van der Waals surface area contributed by atoms with Crippen molar-refractivity contribution in [2.75, 3.05) is 0 Å². The van der Waals surface area contributed by atoms with Gasteiger partial charge in [-0.25, -0.2) is 18.3 Å². The number of fused-ring (bicyclic) bond motifs is 4. The van der Waals surface area contributed by atoms with Crippen molar-refractivity contribution >= 4 is 43.1 Å². The second-order valence-electron chi connectivity index (χ2n) is 18.9. The van der Waals surface area contributed by atoms with Crippen LogP contribution in [0.4, 0.5) is 0 Å². The fourth-order valence-electron chi connectivity index (χ4n) is 10.1. The molecule has 5 aromatic carbocycles. The van der Waals surface area contributed by atoms with Gasteiger partial charge in [0.1, 0.15) is 26.2 Å². The Morgan fingerprint density at radius 2 is 0.455 bits per heavy atom.